The van der Waals surface area contributed by atoms with Crippen LogP contribution in [0.2, 0.25) is 0 Å². The molecule has 0 aromatic carbocycles. The summed E-state index contributed by atoms with van der Waals surface area (Å²) < 4.78 is 5.32. The van der Waals surface area contributed by atoms with Gasteiger partial charge in [-0.25, -0.2) is 0 Å². The second-order valence-electron chi connectivity index (χ2n) is 3.15. The van der Waals surface area contributed by atoms with Crippen molar-refractivity contribution in [2.24, 2.45) is 11.5 Å². The van der Waals surface area contributed by atoms with E-state index in [2.05, 4.69) is 0 Å². The molecule has 2 bridgehead atoms. The Morgan fingerprint density at radius 1 is 1.56 bits per heavy atom. The average Bonchev–Trinajstić information content (AvgIpc) is 2.22. The van der Waals surface area contributed by atoms with Crippen molar-refractivity contribution in [3.05, 3.63) is 0 Å². The second kappa shape index (κ2) is 1.48. The van der Waals surface area contributed by atoms with Crippen LogP contribution in [0.25, 0.3) is 0 Å². The lowest BCUT2D eigenvalue weighted by Crippen LogP contribution is -2.51. The van der Waals surface area contributed by atoms with Crippen molar-refractivity contribution in [2.45, 2.75) is 37.1 Å². The first kappa shape index (κ1) is 5.65. The predicted molar refractivity (Wildman–Crippen MR) is 33.6 cm³/mol. The standard InChI is InChI=1S/C6H12N2O/c7-5-6(8)2-1-4(3-6)9-5/h4-5H,1-3,7-8H2. The molecule has 0 aromatic heterocycles. The van der Waals surface area contributed by atoms with E-state index in [1.54, 1.807) is 0 Å². The molecule has 4 N–H and O–H groups in total. The Labute approximate surface area is 54.3 Å². The number of hydrogen-bond donors (Lipinski definition) is 2. The van der Waals surface area contributed by atoms with Gasteiger partial charge in [-0.15, -0.1) is 0 Å². The highest BCUT2D eigenvalue weighted by Crippen LogP contribution is 2.39. The molecule has 0 amide bonds. The second-order valence-corrected chi connectivity index (χ2v) is 3.15. The summed E-state index contributed by atoms with van der Waals surface area (Å²) in [5.74, 6) is 0. The van der Waals surface area contributed by atoms with Crippen LogP contribution in [0.15, 0.2) is 0 Å². The quantitative estimate of drug-likeness (QED) is 0.464. The number of nitrogens with two attached hydrogens (primary N) is 2. The Balaban J connectivity index is 2.22. The van der Waals surface area contributed by atoms with E-state index < -0.39 is 0 Å². The maximum Gasteiger partial charge on any atom is 0.124 e. The molecule has 1 aliphatic heterocycles. The first-order chi connectivity index (χ1) is 4.21. The Morgan fingerprint density at radius 3 is 2.56 bits per heavy atom. The largest absolute Gasteiger partial charge is 0.358 e. The fraction of sp³-hybridized carbons (Fsp3) is 1.00. The third kappa shape index (κ3) is 0.625. The molecule has 0 aromatic rings. The van der Waals surface area contributed by atoms with Gasteiger partial charge in [0.2, 0.25) is 0 Å². The van der Waals surface area contributed by atoms with Crippen LogP contribution < -0.4 is 11.5 Å². The van der Waals surface area contributed by atoms with Crippen LogP contribution in [0.3, 0.4) is 0 Å². The lowest BCUT2D eigenvalue weighted by Gasteiger charge is -2.26. The molecule has 0 spiro atoms. The van der Waals surface area contributed by atoms with Crippen LogP contribution in [-0.4, -0.2) is 17.9 Å². The summed E-state index contributed by atoms with van der Waals surface area (Å²) in [6.07, 6.45) is 3.28. The van der Waals surface area contributed by atoms with Crippen LogP contribution in [-0.2, 0) is 4.74 Å². The predicted octanol–water partition coefficient (Wildman–Crippen LogP) is -0.449. The molecule has 2 fully saturated rings. The topological polar surface area (TPSA) is 61.3 Å². The first-order valence-corrected chi connectivity index (χ1v) is 3.41. The number of fused-ring (bicyclic) bond motifs is 2. The van der Waals surface area contributed by atoms with E-state index in [0.29, 0.717) is 6.10 Å². The van der Waals surface area contributed by atoms with E-state index >= 15 is 0 Å². The zero-order valence-electron chi connectivity index (χ0n) is 5.34. The van der Waals surface area contributed by atoms with E-state index in [1.165, 1.54) is 0 Å². The lowest BCUT2D eigenvalue weighted by atomic mass is 9.99. The molecule has 3 nitrogen and oxygen atoms in total. The van der Waals surface area contributed by atoms with Gasteiger partial charge in [0.15, 0.2) is 0 Å². The van der Waals surface area contributed by atoms with Gasteiger partial charge < -0.3 is 16.2 Å². The SMILES string of the molecule is NC1OC2CCC1(N)C2. The zero-order chi connectivity index (χ0) is 6.48. The third-order valence-electron chi connectivity index (χ3n) is 2.45. The fourth-order valence-electron chi connectivity index (χ4n) is 1.78. The monoisotopic (exact) mass is 128 g/mol. The van der Waals surface area contributed by atoms with Crippen LogP contribution in [0.4, 0.5) is 0 Å². The summed E-state index contributed by atoms with van der Waals surface area (Å²) in [4.78, 5) is 0. The summed E-state index contributed by atoms with van der Waals surface area (Å²) in [6.45, 7) is 0. The van der Waals surface area contributed by atoms with Gasteiger partial charge >= 0.3 is 0 Å². The van der Waals surface area contributed by atoms with Gasteiger partial charge in [-0.3, -0.25) is 0 Å². The van der Waals surface area contributed by atoms with Crippen molar-refractivity contribution in [3.8, 4) is 0 Å². The number of ether oxygens (including phenoxy) is 1. The van der Waals surface area contributed by atoms with Gasteiger partial charge in [-0.1, -0.05) is 0 Å². The molecule has 2 rings (SSSR count). The number of hydrogen-bond acceptors (Lipinski definition) is 3. The molecule has 3 atom stereocenters. The van der Waals surface area contributed by atoms with E-state index in [4.69, 9.17) is 16.2 Å². The highest BCUT2D eigenvalue weighted by atomic mass is 16.5. The summed E-state index contributed by atoms with van der Waals surface area (Å²) in [5.41, 5.74) is 11.3. The van der Waals surface area contributed by atoms with Gasteiger partial charge in [0.25, 0.3) is 0 Å². The number of rotatable bonds is 0. The lowest BCUT2D eigenvalue weighted by molar-refractivity contribution is 0.000586. The van der Waals surface area contributed by atoms with Crippen LogP contribution in [0.1, 0.15) is 19.3 Å². The van der Waals surface area contributed by atoms with Crippen LogP contribution in [0.5, 0.6) is 0 Å². The molecule has 3 heteroatoms. The average molecular weight is 128 g/mol. The van der Waals surface area contributed by atoms with Crippen molar-refractivity contribution in [1.29, 1.82) is 0 Å². The van der Waals surface area contributed by atoms with E-state index in [9.17, 15) is 0 Å². The highest BCUT2D eigenvalue weighted by molar-refractivity contribution is 5.03. The van der Waals surface area contributed by atoms with Gasteiger partial charge in [0.05, 0.1) is 11.6 Å². The molecule has 1 aliphatic carbocycles. The molecule has 9 heavy (non-hydrogen) atoms. The molecule has 3 unspecified atom stereocenters. The molecule has 2 aliphatic rings. The maximum atomic E-state index is 5.89. The summed E-state index contributed by atoms with van der Waals surface area (Å²) in [6, 6.07) is 0. The molecule has 1 saturated carbocycles. The Bertz CT molecular complexity index is 139. The van der Waals surface area contributed by atoms with Crippen molar-refractivity contribution in [2.75, 3.05) is 0 Å². The Kier molecular flexibility index (Phi) is 0.928. The third-order valence-corrected chi connectivity index (χ3v) is 2.45. The minimum Gasteiger partial charge on any atom is -0.358 e. The minimum atomic E-state index is -0.198. The van der Waals surface area contributed by atoms with E-state index in [-0.39, 0.29) is 11.8 Å². The summed E-state index contributed by atoms with van der Waals surface area (Å²) in [5, 5.41) is 0. The highest BCUT2D eigenvalue weighted by Gasteiger charge is 2.49. The van der Waals surface area contributed by atoms with Crippen molar-refractivity contribution in [3.63, 3.8) is 0 Å². The van der Waals surface area contributed by atoms with Crippen molar-refractivity contribution < 1.29 is 4.74 Å². The van der Waals surface area contributed by atoms with E-state index in [1.807, 2.05) is 0 Å². The molecule has 0 radical (unpaired) electrons. The normalized spacial score (nSPS) is 56.7. The van der Waals surface area contributed by atoms with Crippen LogP contribution >= 0.6 is 0 Å². The molecule has 1 heterocycles. The molecular weight excluding hydrogens is 116 g/mol. The van der Waals surface area contributed by atoms with Gasteiger partial charge in [-0.2, -0.15) is 0 Å². The van der Waals surface area contributed by atoms with Crippen molar-refractivity contribution >= 4 is 0 Å². The van der Waals surface area contributed by atoms with E-state index in [0.717, 1.165) is 19.3 Å². The first-order valence-electron chi connectivity index (χ1n) is 3.41. The molecule has 1 saturated heterocycles. The smallest absolute Gasteiger partial charge is 0.124 e. The maximum absolute atomic E-state index is 5.89. The molecule has 52 valence electrons. The fourth-order valence-corrected chi connectivity index (χ4v) is 1.78. The molecular formula is C6H12N2O. The minimum absolute atomic E-state index is 0.176. The zero-order valence-corrected chi connectivity index (χ0v) is 5.34. The summed E-state index contributed by atoms with van der Waals surface area (Å²) >= 11 is 0. The van der Waals surface area contributed by atoms with Crippen molar-refractivity contribution in [1.82, 2.24) is 0 Å². The Morgan fingerprint density at radius 2 is 2.33 bits per heavy atom. The van der Waals surface area contributed by atoms with Crippen LogP contribution in [0, 0.1) is 0 Å². The Hall–Kier alpha value is -0.120. The van der Waals surface area contributed by atoms with Gasteiger partial charge in [0.1, 0.15) is 6.23 Å². The summed E-state index contributed by atoms with van der Waals surface area (Å²) in [7, 11) is 0. The van der Waals surface area contributed by atoms with Gasteiger partial charge in [0, 0.05) is 0 Å². The van der Waals surface area contributed by atoms with Gasteiger partial charge in [-0.05, 0) is 19.3 Å².